The Morgan fingerprint density at radius 1 is 1.07 bits per heavy atom. The molecule has 1 aromatic heterocycles. The summed E-state index contributed by atoms with van der Waals surface area (Å²) in [6.07, 6.45) is 3.84. The van der Waals surface area contributed by atoms with E-state index in [1.807, 2.05) is 44.4 Å². The van der Waals surface area contributed by atoms with Crippen molar-refractivity contribution >= 4 is 29.9 Å². The molecule has 3 rings (SSSR count). The normalized spacial score (nSPS) is 11.0. The van der Waals surface area contributed by atoms with Crippen LogP contribution < -0.4 is 15.4 Å². The van der Waals surface area contributed by atoms with E-state index in [-0.39, 0.29) is 24.0 Å². The molecule has 2 aromatic carbocycles. The van der Waals surface area contributed by atoms with Gasteiger partial charge < -0.3 is 19.9 Å². The molecule has 0 fully saturated rings. The zero-order valence-electron chi connectivity index (χ0n) is 17.8. The number of imidazole rings is 1. The van der Waals surface area contributed by atoms with Crippen molar-refractivity contribution in [2.75, 3.05) is 13.7 Å². The molecule has 160 valence electrons. The molecule has 0 aliphatic carbocycles. The highest BCUT2D eigenvalue weighted by Gasteiger charge is 2.05. The molecule has 0 saturated carbocycles. The first kappa shape index (κ1) is 23.7. The van der Waals surface area contributed by atoms with Crippen LogP contribution in [-0.2, 0) is 19.6 Å². The first-order chi connectivity index (χ1) is 14.2. The van der Waals surface area contributed by atoms with Crippen LogP contribution in [-0.4, -0.2) is 29.2 Å². The molecular weight excluding hydrogens is 489 g/mol. The average Bonchev–Trinajstić information content (AvgIpc) is 3.14. The van der Waals surface area contributed by atoms with Crippen molar-refractivity contribution in [2.45, 2.75) is 33.5 Å². The van der Waals surface area contributed by atoms with E-state index in [1.165, 1.54) is 11.1 Å². The second-order valence-electron chi connectivity index (χ2n) is 6.74. The van der Waals surface area contributed by atoms with E-state index in [1.54, 1.807) is 7.05 Å². The van der Waals surface area contributed by atoms with E-state index in [0.717, 1.165) is 29.6 Å². The highest BCUT2D eigenvalue weighted by atomic mass is 127. The number of aryl methyl sites for hydroxylation is 1. The summed E-state index contributed by atoms with van der Waals surface area (Å²) in [5.41, 5.74) is 3.56. The topological polar surface area (TPSA) is 63.5 Å². The molecule has 1 heterocycles. The highest BCUT2D eigenvalue weighted by Crippen LogP contribution is 2.17. The number of aromatic nitrogens is 2. The lowest BCUT2D eigenvalue weighted by atomic mass is 10.1. The highest BCUT2D eigenvalue weighted by molar-refractivity contribution is 14.0. The fraction of sp³-hybridized carbons (Fsp3) is 0.304. The lowest BCUT2D eigenvalue weighted by Gasteiger charge is -2.15. The summed E-state index contributed by atoms with van der Waals surface area (Å²) >= 11 is 0. The molecule has 2 N–H and O–H groups in total. The molecule has 0 amide bonds. The van der Waals surface area contributed by atoms with E-state index in [2.05, 4.69) is 55.5 Å². The van der Waals surface area contributed by atoms with E-state index >= 15 is 0 Å². The molecule has 0 aliphatic rings. The number of aliphatic imine (C=N–C) groups is 1. The maximum atomic E-state index is 5.69. The molecule has 0 radical (unpaired) electrons. The van der Waals surface area contributed by atoms with Gasteiger partial charge in [-0.15, -0.1) is 24.0 Å². The zero-order chi connectivity index (χ0) is 20.5. The fourth-order valence-corrected chi connectivity index (χ4v) is 3.14. The molecular formula is C23H30IN5O. The van der Waals surface area contributed by atoms with Crippen LogP contribution >= 0.6 is 24.0 Å². The zero-order valence-corrected chi connectivity index (χ0v) is 20.1. The Morgan fingerprint density at radius 3 is 2.57 bits per heavy atom. The minimum atomic E-state index is 0. The predicted molar refractivity (Wildman–Crippen MR) is 133 cm³/mol. The van der Waals surface area contributed by atoms with Crippen LogP contribution in [0.15, 0.2) is 65.9 Å². The van der Waals surface area contributed by atoms with E-state index < -0.39 is 0 Å². The first-order valence-electron chi connectivity index (χ1n) is 9.90. The van der Waals surface area contributed by atoms with Gasteiger partial charge in [0, 0.05) is 44.6 Å². The van der Waals surface area contributed by atoms with Crippen molar-refractivity contribution in [2.24, 2.45) is 4.99 Å². The van der Waals surface area contributed by atoms with Gasteiger partial charge in [0.15, 0.2) is 5.96 Å². The number of guanidine groups is 1. The van der Waals surface area contributed by atoms with E-state index in [0.29, 0.717) is 19.7 Å². The van der Waals surface area contributed by atoms with Gasteiger partial charge in [-0.1, -0.05) is 42.5 Å². The standard InChI is InChI=1S/C23H29N5O.HI/c1-4-29-22-11-6-5-10-21(22)16-27-23(24-3)26-15-19-8-7-9-20(14-19)17-28-13-12-25-18(28)2;/h5-14H,4,15-17H2,1-3H3,(H2,24,26,27);1H. The Balaban J connectivity index is 0.00000320. The third-order valence-corrected chi connectivity index (χ3v) is 4.67. The third-order valence-electron chi connectivity index (χ3n) is 4.67. The third kappa shape index (κ3) is 6.76. The maximum Gasteiger partial charge on any atom is 0.191 e. The average molecular weight is 519 g/mol. The molecule has 30 heavy (non-hydrogen) atoms. The summed E-state index contributed by atoms with van der Waals surface area (Å²) in [6, 6.07) is 16.6. The number of halogens is 1. The number of hydrogen-bond acceptors (Lipinski definition) is 3. The van der Waals surface area contributed by atoms with Gasteiger partial charge >= 0.3 is 0 Å². The Morgan fingerprint density at radius 2 is 1.83 bits per heavy atom. The molecule has 0 atom stereocenters. The summed E-state index contributed by atoms with van der Waals surface area (Å²) in [6.45, 7) is 6.83. The lowest BCUT2D eigenvalue weighted by Crippen LogP contribution is -2.36. The van der Waals surface area contributed by atoms with Crippen LogP contribution in [0, 0.1) is 6.92 Å². The summed E-state index contributed by atoms with van der Waals surface area (Å²) < 4.78 is 7.83. The summed E-state index contributed by atoms with van der Waals surface area (Å²) in [5.74, 6) is 2.68. The van der Waals surface area contributed by atoms with Gasteiger partial charge in [0.2, 0.25) is 0 Å². The minimum absolute atomic E-state index is 0. The van der Waals surface area contributed by atoms with Gasteiger partial charge in [0.05, 0.1) is 6.61 Å². The summed E-state index contributed by atoms with van der Waals surface area (Å²) in [4.78, 5) is 8.62. The number of hydrogen-bond donors (Lipinski definition) is 2. The van der Waals surface area contributed by atoms with Gasteiger partial charge in [0.1, 0.15) is 11.6 Å². The van der Waals surface area contributed by atoms with Crippen molar-refractivity contribution in [3.8, 4) is 5.75 Å². The lowest BCUT2D eigenvalue weighted by molar-refractivity contribution is 0.336. The second kappa shape index (κ2) is 12.2. The number of ether oxygens (including phenoxy) is 1. The Hall–Kier alpha value is -2.55. The Labute approximate surface area is 195 Å². The maximum absolute atomic E-state index is 5.69. The first-order valence-corrected chi connectivity index (χ1v) is 9.90. The van der Waals surface area contributed by atoms with Crippen molar-refractivity contribution in [3.05, 3.63) is 83.4 Å². The Kier molecular flexibility index (Phi) is 9.66. The molecule has 0 unspecified atom stereocenters. The Bertz CT molecular complexity index is 954. The summed E-state index contributed by atoms with van der Waals surface area (Å²) in [5, 5.41) is 6.74. The molecule has 0 spiro atoms. The smallest absolute Gasteiger partial charge is 0.191 e. The quantitative estimate of drug-likeness (QED) is 0.267. The van der Waals surface area contributed by atoms with Crippen LogP contribution in [0.3, 0.4) is 0 Å². The molecule has 0 aliphatic heterocycles. The molecule has 3 aromatic rings. The number of para-hydroxylation sites is 1. The van der Waals surface area contributed by atoms with Gasteiger partial charge in [-0.05, 0) is 31.0 Å². The monoisotopic (exact) mass is 519 g/mol. The number of rotatable bonds is 8. The molecule has 0 bridgehead atoms. The van der Waals surface area contributed by atoms with Crippen LogP contribution in [0.5, 0.6) is 5.75 Å². The molecule has 0 saturated heterocycles. The van der Waals surface area contributed by atoms with Crippen LogP contribution in [0.25, 0.3) is 0 Å². The SMILES string of the molecule is CCOc1ccccc1CNC(=NC)NCc1cccc(Cn2ccnc2C)c1.I. The molecule has 6 nitrogen and oxygen atoms in total. The van der Waals surface area contributed by atoms with Gasteiger partial charge in [0.25, 0.3) is 0 Å². The van der Waals surface area contributed by atoms with E-state index in [9.17, 15) is 0 Å². The van der Waals surface area contributed by atoms with E-state index in [4.69, 9.17) is 4.74 Å². The number of nitrogens with one attached hydrogen (secondary N) is 2. The van der Waals surface area contributed by atoms with Gasteiger partial charge in [-0.25, -0.2) is 4.98 Å². The van der Waals surface area contributed by atoms with Crippen molar-refractivity contribution in [1.82, 2.24) is 20.2 Å². The second-order valence-corrected chi connectivity index (χ2v) is 6.74. The fourth-order valence-electron chi connectivity index (χ4n) is 3.14. The van der Waals surface area contributed by atoms with Crippen molar-refractivity contribution < 1.29 is 4.74 Å². The minimum Gasteiger partial charge on any atom is -0.494 e. The van der Waals surface area contributed by atoms with Crippen LogP contribution in [0.2, 0.25) is 0 Å². The van der Waals surface area contributed by atoms with Gasteiger partial charge in [-0.3, -0.25) is 4.99 Å². The largest absolute Gasteiger partial charge is 0.494 e. The summed E-state index contributed by atoms with van der Waals surface area (Å²) in [7, 11) is 1.78. The number of nitrogens with zero attached hydrogens (tertiary/aromatic N) is 3. The number of benzene rings is 2. The van der Waals surface area contributed by atoms with Crippen molar-refractivity contribution in [1.29, 1.82) is 0 Å². The van der Waals surface area contributed by atoms with Crippen molar-refractivity contribution in [3.63, 3.8) is 0 Å². The molecule has 7 heteroatoms. The van der Waals surface area contributed by atoms with Crippen LogP contribution in [0.1, 0.15) is 29.4 Å². The van der Waals surface area contributed by atoms with Crippen LogP contribution in [0.4, 0.5) is 0 Å². The van der Waals surface area contributed by atoms with Gasteiger partial charge in [-0.2, -0.15) is 0 Å². The predicted octanol–water partition coefficient (Wildman–Crippen LogP) is 4.12.